The van der Waals surface area contributed by atoms with E-state index in [1.807, 2.05) is 13.0 Å². The second-order valence-corrected chi connectivity index (χ2v) is 2.99. The standard InChI is InChI=1S/C10H10FN3.H2/c1-2-7-4-3-5-8(10(7)11)9-6-12-14-13-9;/h3-6H,2H2,1H3,(H,12,13,14);1H. The first kappa shape index (κ1) is 8.87. The van der Waals surface area contributed by atoms with E-state index in [0.29, 0.717) is 23.2 Å². The molecular formula is C10H12FN3. The van der Waals surface area contributed by atoms with E-state index >= 15 is 0 Å². The van der Waals surface area contributed by atoms with Crippen LogP contribution in [-0.2, 0) is 6.42 Å². The van der Waals surface area contributed by atoms with Gasteiger partial charge in [0.05, 0.1) is 6.20 Å². The van der Waals surface area contributed by atoms with Crippen LogP contribution in [0.15, 0.2) is 24.4 Å². The first-order valence-electron chi connectivity index (χ1n) is 4.46. The maximum atomic E-state index is 13.8. The highest BCUT2D eigenvalue weighted by Crippen LogP contribution is 2.22. The summed E-state index contributed by atoms with van der Waals surface area (Å²) < 4.78 is 13.8. The van der Waals surface area contributed by atoms with E-state index in [1.54, 1.807) is 12.1 Å². The Morgan fingerprint density at radius 1 is 1.50 bits per heavy atom. The fourth-order valence-electron chi connectivity index (χ4n) is 1.38. The normalized spacial score (nSPS) is 10.4. The molecule has 0 amide bonds. The third-order valence-electron chi connectivity index (χ3n) is 2.15. The molecule has 2 rings (SSSR count). The van der Waals surface area contributed by atoms with Crippen molar-refractivity contribution in [1.82, 2.24) is 15.4 Å². The molecule has 0 saturated heterocycles. The number of nitrogens with one attached hydrogen (secondary N) is 1. The molecule has 3 nitrogen and oxygen atoms in total. The Balaban J connectivity index is 0.00000112. The summed E-state index contributed by atoms with van der Waals surface area (Å²) in [6, 6.07) is 5.30. The Morgan fingerprint density at radius 2 is 2.36 bits per heavy atom. The Kier molecular flexibility index (Phi) is 2.26. The predicted octanol–water partition coefficient (Wildman–Crippen LogP) is 2.42. The van der Waals surface area contributed by atoms with E-state index in [9.17, 15) is 4.39 Å². The summed E-state index contributed by atoms with van der Waals surface area (Å²) in [5, 5.41) is 9.97. The number of H-pyrrole nitrogens is 1. The molecule has 0 radical (unpaired) electrons. The lowest BCUT2D eigenvalue weighted by Crippen LogP contribution is -1.91. The van der Waals surface area contributed by atoms with Gasteiger partial charge in [0, 0.05) is 6.99 Å². The number of rotatable bonds is 2. The third-order valence-corrected chi connectivity index (χ3v) is 2.15. The molecule has 1 aromatic heterocycles. The minimum Gasteiger partial charge on any atom is -0.206 e. The van der Waals surface area contributed by atoms with Gasteiger partial charge in [-0.15, -0.1) is 0 Å². The molecule has 0 bridgehead atoms. The summed E-state index contributed by atoms with van der Waals surface area (Å²) in [5.74, 6) is -0.205. The first-order valence-corrected chi connectivity index (χ1v) is 4.46. The Labute approximate surface area is 82.5 Å². The number of hydrogen-bond donors (Lipinski definition) is 1. The average molecular weight is 193 g/mol. The summed E-state index contributed by atoms with van der Waals surface area (Å²) in [4.78, 5) is 0. The van der Waals surface area contributed by atoms with Crippen LogP contribution < -0.4 is 0 Å². The van der Waals surface area contributed by atoms with Crippen molar-refractivity contribution >= 4 is 0 Å². The largest absolute Gasteiger partial charge is 0.206 e. The molecule has 4 heteroatoms. The monoisotopic (exact) mass is 193 g/mol. The zero-order valence-corrected chi connectivity index (χ0v) is 7.79. The lowest BCUT2D eigenvalue weighted by Gasteiger charge is -2.03. The highest BCUT2D eigenvalue weighted by molar-refractivity contribution is 5.59. The number of nitrogens with zero attached hydrogens (tertiary/aromatic N) is 2. The quantitative estimate of drug-likeness (QED) is 0.795. The third kappa shape index (κ3) is 1.39. The van der Waals surface area contributed by atoms with Crippen molar-refractivity contribution in [2.24, 2.45) is 0 Å². The van der Waals surface area contributed by atoms with Crippen LogP contribution in [0.1, 0.15) is 13.9 Å². The minimum absolute atomic E-state index is 0. The van der Waals surface area contributed by atoms with E-state index in [0.717, 1.165) is 0 Å². The number of aromatic nitrogens is 3. The summed E-state index contributed by atoms with van der Waals surface area (Å²) >= 11 is 0. The summed E-state index contributed by atoms with van der Waals surface area (Å²) in [6.07, 6.45) is 2.19. The van der Waals surface area contributed by atoms with Gasteiger partial charge in [-0.2, -0.15) is 15.4 Å². The molecule has 0 aliphatic rings. The van der Waals surface area contributed by atoms with Crippen molar-refractivity contribution < 1.29 is 5.82 Å². The van der Waals surface area contributed by atoms with Gasteiger partial charge in [-0.05, 0) is 18.1 Å². The van der Waals surface area contributed by atoms with Gasteiger partial charge in [-0.25, -0.2) is 4.39 Å². The second-order valence-electron chi connectivity index (χ2n) is 2.99. The number of aryl methyl sites for hydroxylation is 1. The Morgan fingerprint density at radius 3 is 3.00 bits per heavy atom. The second kappa shape index (κ2) is 3.57. The molecule has 0 aliphatic carbocycles. The van der Waals surface area contributed by atoms with Gasteiger partial charge >= 0.3 is 0 Å². The number of halogens is 1. The molecule has 0 unspecified atom stereocenters. The lowest BCUT2D eigenvalue weighted by atomic mass is 10.1. The highest BCUT2D eigenvalue weighted by Gasteiger charge is 2.09. The topological polar surface area (TPSA) is 41.6 Å². The summed E-state index contributed by atoms with van der Waals surface area (Å²) in [5.41, 5.74) is 1.74. The Hall–Kier alpha value is -1.71. The molecule has 0 saturated carbocycles. The van der Waals surface area contributed by atoms with Crippen LogP contribution in [0.25, 0.3) is 11.3 Å². The van der Waals surface area contributed by atoms with Crippen LogP contribution in [-0.4, -0.2) is 15.4 Å². The number of benzene rings is 1. The van der Waals surface area contributed by atoms with Gasteiger partial charge < -0.3 is 0 Å². The zero-order valence-electron chi connectivity index (χ0n) is 7.79. The number of hydrogen-bond acceptors (Lipinski definition) is 2. The zero-order chi connectivity index (χ0) is 9.97. The van der Waals surface area contributed by atoms with E-state index in [4.69, 9.17) is 0 Å². The summed E-state index contributed by atoms with van der Waals surface area (Å²) in [6.45, 7) is 1.92. The molecular weight excluding hydrogens is 181 g/mol. The fourth-order valence-corrected chi connectivity index (χ4v) is 1.38. The van der Waals surface area contributed by atoms with E-state index in [1.165, 1.54) is 6.20 Å². The van der Waals surface area contributed by atoms with Crippen molar-refractivity contribution in [3.63, 3.8) is 0 Å². The lowest BCUT2D eigenvalue weighted by molar-refractivity contribution is 0.615. The van der Waals surface area contributed by atoms with Crippen LogP contribution in [0.4, 0.5) is 4.39 Å². The van der Waals surface area contributed by atoms with Crippen molar-refractivity contribution in [3.8, 4) is 11.3 Å². The van der Waals surface area contributed by atoms with Gasteiger partial charge in [-0.3, -0.25) is 0 Å². The van der Waals surface area contributed by atoms with Gasteiger partial charge in [0.2, 0.25) is 0 Å². The highest BCUT2D eigenvalue weighted by atomic mass is 19.1. The average Bonchev–Trinajstić information content (AvgIpc) is 2.71. The molecule has 0 spiro atoms. The maximum absolute atomic E-state index is 13.8. The molecule has 14 heavy (non-hydrogen) atoms. The first-order chi connectivity index (χ1) is 6.83. The van der Waals surface area contributed by atoms with Gasteiger partial charge in [0.15, 0.2) is 0 Å². The maximum Gasteiger partial charge on any atom is 0.135 e. The van der Waals surface area contributed by atoms with Crippen molar-refractivity contribution in [2.75, 3.05) is 0 Å². The van der Waals surface area contributed by atoms with Gasteiger partial charge in [0.1, 0.15) is 11.5 Å². The van der Waals surface area contributed by atoms with E-state index in [-0.39, 0.29) is 7.24 Å². The molecule has 2 aromatic rings. The smallest absolute Gasteiger partial charge is 0.135 e. The molecule has 1 N–H and O–H groups in total. The molecule has 1 aromatic carbocycles. The fraction of sp³-hybridized carbons (Fsp3) is 0.200. The van der Waals surface area contributed by atoms with Crippen LogP contribution in [0.3, 0.4) is 0 Å². The molecule has 0 atom stereocenters. The van der Waals surface area contributed by atoms with Crippen molar-refractivity contribution in [3.05, 3.63) is 35.8 Å². The molecule has 1 heterocycles. The Bertz CT molecular complexity index is 428. The molecule has 0 fully saturated rings. The van der Waals surface area contributed by atoms with Crippen LogP contribution >= 0.6 is 0 Å². The van der Waals surface area contributed by atoms with Crippen molar-refractivity contribution in [1.29, 1.82) is 0 Å². The van der Waals surface area contributed by atoms with Crippen molar-refractivity contribution in [2.45, 2.75) is 13.3 Å². The van der Waals surface area contributed by atoms with E-state index < -0.39 is 0 Å². The van der Waals surface area contributed by atoms with E-state index in [2.05, 4.69) is 15.4 Å². The number of aromatic amines is 1. The summed E-state index contributed by atoms with van der Waals surface area (Å²) in [7, 11) is 0. The molecule has 74 valence electrons. The minimum atomic E-state index is -0.205. The van der Waals surface area contributed by atoms with Gasteiger partial charge in [0.25, 0.3) is 0 Å². The molecule has 0 aliphatic heterocycles. The van der Waals surface area contributed by atoms with Crippen LogP contribution in [0.5, 0.6) is 0 Å². The van der Waals surface area contributed by atoms with Crippen LogP contribution in [0.2, 0.25) is 0 Å². The predicted molar refractivity (Wildman–Crippen MR) is 53.3 cm³/mol. The SMILES string of the molecule is CCc1cccc(-c2cn[nH]n2)c1F.[HH]. The van der Waals surface area contributed by atoms with Crippen LogP contribution in [0, 0.1) is 5.82 Å². The van der Waals surface area contributed by atoms with Gasteiger partial charge in [-0.1, -0.05) is 19.1 Å².